The second-order valence-electron chi connectivity index (χ2n) is 6.00. The number of sulfonamides is 1. The maximum atomic E-state index is 12.8. The number of hydrogen-bond acceptors (Lipinski definition) is 3. The standard InChI is InChI=1S/C16H26N2O2S/c1-4-12-9-14(17)13(5-2)16(10-12)21(19,20)18-15-8-6-7-11(15)3/h9-11,15,18H,4-8,17H2,1-3H3. The van der Waals surface area contributed by atoms with E-state index in [0.29, 0.717) is 22.9 Å². The van der Waals surface area contributed by atoms with Crippen molar-refractivity contribution in [1.29, 1.82) is 0 Å². The van der Waals surface area contributed by atoms with E-state index in [1.54, 1.807) is 6.07 Å². The van der Waals surface area contributed by atoms with Crippen molar-refractivity contribution in [3.05, 3.63) is 23.3 Å². The first kappa shape index (κ1) is 16.3. The summed E-state index contributed by atoms with van der Waals surface area (Å²) in [5.74, 6) is 0.400. The number of nitrogens with two attached hydrogens (primary N) is 1. The van der Waals surface area contributed by atoms with Gasteiger partial charge in [0.15, 0.2) is 0 Å². The van der Waals surface area contributed by atoms with Crippen molar-refractivity contribution >= 4 is 15.7 Å². The van der Waals surface area contributed by atoms with E-state index in [0.717, 1.165) is 36.8 Å². The summed E-state index contributed by atoms with van der Waals surface area (Å²) in [6.45, 7) is 6.05. The number of benzene rings is 1. The van der Waals surface area contributed by atoms with Crippen LogP contribution < -0.4 is 10.5 Å². The van der Waals surface area contributed by atoms with Gasteiger partial charge in [0.1, 0.15) is 0 Å². The molecule has 3 N–H and O–H groups in total. The van der Waals surface area contributed by atoms with Crippen LogP contribution >= 0.6 is 0 Å². The van der Waals surface area contributed by atoms with E-state index in [-0.39, 0.29) is 6.04 Å². The van der Waals surface area contributed by atoms with Gasteiger partial charge in [-0.1, -0.05) is 27.2 Å². The summed E-state index contributed by atoms with van der Waals surface area (Å²) in [6.07, 6.45) is 4.49. The summed E-state index contributed by atoms with van der Waals surface area (Å²) in [6, 6.07) is 3.71. The fourth-order valence-electron chi connectivity index (χ4n) is 3.13. The molecule has 1 saturated carbocycles. The zero-order chi connectivity index (χ0) is 15.6. The van der Waals surface area contributed by atoms with Crippen LogP contribution in [0.5, 0.6) is 0 Å². The van der Waals surface area contributed by atoms with E-state index in [1.165, 1.54) is 0 Å². The van der Waals surface area contributed by atoms with Gasteiger partial charge >= 0.3 is 0 Å². The molecule has 0 bridgehead atoms. The molecule has 0 saturated heterocycles. The highest BCUT2D eigenvalue weighted by molar-refractivity contribution is 7.89. The largest absolute Gasteiger partial charge is 0.398 e. The minimum atomic E-state index is -3.50. The first-order valence-electron chi connectivity index (χ1n) is 7.82. The van der Waals surface area contributed by atoms with Gasteiger partial charge in [0.25, 0.3) is 0 Å². The van der Waals surface area contributed by atoms with Crippen molar-refractivity contribution in [2.75, 3.05) is 5.73 Å². The molecule has 5 heteroatoms. The molecule has 21 heavy (non-hydrogen) atoms. The molecule has 1 aromatic rings. The van der Waals surface area contributed by atoms with E-state index in [1.807, 2.05) is 19.9 Å². The Morgan fingerprint density at radius 3 is 2.48 bits per heavy atom. The van der Waals surface area contributed by atoms with Gasteiger partial charge < -0.3 is 5.73 Å². The summed E-state index contributed by atoms with van der Waals surface area (Å²) in [5, 5.41) is 0. The van der Waals surface area contributed by atoms with E-state index in [9.17, 15) is 8.42 Å². The normalized spacial score (nSPS) is 22.6. The number of nitrogens with one attached hydrogen (secondary N) is 1. The number of aryl methyl sites for hydroxylation is 1. The highest BCUT2D eigenvalue weighted by Gasteiger charge is 2.29. The van der Waals surface area contributed by atoms with Gasteiger partial charge in [-0.05, 0) is 54.9 Å². The Hall–Kier alpha value is -1.07. The van der Waals surface area contributed by atoms with Gasteiger partial charge in [0.05, 0.1) is 4.90 Å². The average Bonchev–Trinajstić information content (AvgIpc) is 2.82. The Morgan fingerprint density at radius 2 is 1.95 bits per heavy atom. The van der Waals surface area contributed by atoms with Crippen LogP contribution in [0.2, 0.25) is 0 Å². The van der Waals surface area contributed by atoms with E-state index < -0.39 is 10.0 Å². The zero-order valence-electron chi connectivity index (χ0n) is 13.1. The molecule has 0 spiro atoms. The fourth-order valence-corrected chi connectivity index (χ4v) is 4.90. The predicted octanol–water partition coefficient (Wildman–Crippen LogP) is 2.86. The highest BCUT2D eigenvalue weighted by atomic mass is 32.2. The molecule has 2 rings (SSSR count). The van der Waals surface area contributed by atoms with Crippen molar-refractivity contribution in [3.8, 4) is 0 Å². The Balaban J connectivity index is 2.40. The summed E-state index contributed by atoms with van der Waals surface area (Å²) in [7, 11) is -3.50. The lowest BCUT2D eigenvalue weighted by Crippen LogP contribution is -2.37. The van der Waals surface area contributed by atoms with Gasteiger partial charge in [-0.15, -0.1) is 0 Å². The monoisotopic (exact) mass is 310 g/mol. The zero-order valence-corrected chi connectivity index (χ0v) is 14.0. The van der Waals surface area contributed by atoms with Crippen LogP contribution in [0.1, 0.15) is 51.2 Å². The Kier molecular flexibility index (Phi) is 4.94. The third-order valence-electron chi connectivity index (χ3n) is 4.52. The maximum absolute atomic E-state index is 12.8. The van der Waals surface area contributed by atoms with Crippen LogP contribution in [-0.4, -0.2) is 14.5 Å². The molecule has 1 aromatic carbocycles. The number of nitrogen functional groups attached to an aromatic ring is 1. The molecule has 0 aromatic heterocycles. The molecule has 118 valence electrons. The molecule has 0 aliphatic heterocycles. The molecular weight excluding hydrogens is 284 g/mol. The molecule has 4 nitrogen and oxygen atoms in total. The Morgan fingerprint density at radius 1 is 1.24 bits per heavy atom. The Labute approximate surface area is 128 Å². The third kappa shape index (κ3) is 3.40. The lowest BCUT2D eigenvalue weighted by molar-refractivity contribution is 0.476. The molecule has 1 aliphatic carbocycles. The summed E-state index contributed by atoms with van der Waals surface area (Å²) in [4.78, 5) is 0.362. The quantitative estimate of drug-likeness (QED) is 0.821. The van der Waals surface area contributed by atoms with Crippen LogP contribution in [0.3, 0.4) is 0 Å². The highest BCUT2D eigenvalue weighted by Crippen LogP contribution is 2.29. The molecule has 2 unspecified atom stereocenters. The van der Waals surface area contributed by atoms with Crippen molar-refractivity contribution in [2.45, 2.75) is 63.8 Å². The first-order valence-corrected chi connectivity index (χ1v) is 9.31. The molecule has 0 heterocycles. The van der Waals surface area contributed by atoms with Crippen molar-refractivity contribution in [1.82, 2.24) is 4.72 Å². The van der Waals surface area contributed by atoms with Gasteiger partial charge in [0, 0.05) is 11.7 Å². The summed E-state index contributed by atoms with van der Waals surface area (Å²) >= 11 is 0. The second kappa shape index (κ2) is 6.36. The minimum absolute atomic E-state index is 0.0474. The van der Waals surface area contributed by atoms with Gasteiger partial charge in [0.2, 0.25) is 10.0 Å². The molecule has 0 radical (unpaired) electrons. The maximum Gasteiger partial charge on any atom is 0.241 e. The third-order valence-corrected chi connectivity index (χ3v) is 6.08. The van der Waals surface area contributed by atoms with Gasteiger partial charge in [-0.3, -0.25) is 0 Å². The summed E-state index contributed by atoms with van der Waals surface area (Å²) < 4.78 is 28.4. The van der Waals surface area contributed by atoms with E-state index in [2.05, 4.69) is 11.6 Å². The molecule has 1 aliphatic rings. The number of rotatable bonds is 5. The molecule has 0 amide bonds. The topological polar surface area (TPSA) is 72.2 Å². The second-order valence-corrected chi connectivity index (χ2v) is 7.69. The summed E-state index contributed by atoms with van der Waals surface area (Å²) in [5.41, 5.74) is 8.32. The van der Waals surface area contributed by atoms with Crippen molar-refractivity contribution in [2.24, 2.45) is 5.92 Å². The molecule has 2 atom stereocenters. The van der Waals surface area contributed by atoms with Crippen LogP contribution in [0.4, 0.5) is 5.69 Å². The van der Waals surface area contributed by atoms with Crippen LogP contribution in [-0.2, 0) is 22.9 Å². The van der Waals surface area contributed by atoms with Crippen LogP contribution in [0.15, 0.2) is 17.0 Å². The smallest absolute Gasteiger partial charge is 0.241 e. The minimum Gasteiger partial charge on any atom is -0.398 e. The SMILES string of the molecule is CCc1cc(N)c(CC)c(S(=O)(=O)NC2CCCC2C)c1. The lowest BCUT2D eigenvalue weighted by Gasteiger charge is -2.20. The predicted molar refractivity (Wildman–Crippen MR) is 86.7 cm³/mol. The van der Waals surface area contributed by atoms with E-state index in [4.69, 9.17) is 5.73 Å². The Bertz CT molecular complexity index is 611. The number of hydrogen-bond donors (Lipinski definition) is 2. The molecular formula is C16H26N2O2S. The fraction of sp³-hybridized carbons (Fsp3) is 0.625. The lowest BCUT2D eigenvalue weighted by atomic mass is 10.1. The van der Waals surface area contributed by atoms with Crippen molar-refractivity contribution < 1.29 is 8.42 Å². The van der Waals surface area contributed by atoms with Crippen LogP contribution in [0.25, 0.3) is 0 Å². The first-order chi connectivity index (χ1) is 9.89. The van der Waals surface area contributed by atoms with Gasteiger partial charge in [-0.25, -0.2) is 13.1 Å². The molecule has 1 fully saturated rings. The van der Waals surface area contributed by atoms with Crippen molar-refractivity contribution in [3.63, 3.8) is 0 Å². The van der Waals surface area contributed by atoms with E-state index >= 15 is 0 Å². The average molecular weight is 310 g/mol. The van der Waals surface area contributed by atoms with Gasteiger partial charge in [-0.2, -0.15) is 0 Å². The number of anilines is 1. The van der Waals surface area contributed by atoms with Crippen LogP contribution in [0, 0.1) is 5.92 Å².